The van der Waals surface area contributed by atoms with Crippen LogP contribution in [-0.4, -0.2) is 28.5 Å². The Balaban J connectivity index is 2.69. The Kier molecular flexibility index (Phi) is 5.26. The Hall–Kier alpha value is -2.15. The zero-order valence-corrected chi connectivity index (χ0v) is 12.3. The number of nitro groups is 1. The highest BCUT2D eigenvalue weighted by atomic mass is 35.5. The Morgan fingerprint density at radius 3 is 2.52 bits per heavy atom. The lowest BCUT2D eigenvalue weighted by molar-refractivity contribution is -0.384. The molecule has 1 aromatic rings. The fraction of sp³-hybridized carbons (Fsp3) is 0.385. The molecule has 0 aliphatic heterocycles. The van der Waals surface area contributed by atoms with E-state index in [1.165, 1.54) is 12.1 Å². The second kappa shape index (κ2) is 6.53. The fourth-order valence-corrected chi connectivity index (χ4v) is 1.75. The molecule has 0 fully saturated rings. The summed E-state index contributed by atoms with van der Waals surface area (Å²) in [6.07, 6.45) is 0.249. The van der Waals surface area contributed by atoms with Gasteiger partial charge in [0.25, 0.3) is 11.6 Å². The van der Waals surface area contributed by atoms with Gasteiger partial charge in [-0.2, -0.15) is 0 Å². The first-order valence-electron chi connectivity index (χ1n) is 6.10. The Morgan fingerprint density at radius 2 is 2.05 bits per heavy atom. The van der Waals surface area contributed by atoms with Gasteiger partial charge in [0.15, 0.2) is 0 Å². The van der Waals surface area contributed by atoms with Gasteiger partial charge < -0.3 is 10.4 Å². The highest BCUT2D eigenvalue weighted by Crippen LogP contribution is 2.23. The van der Waals surface area contributed by atoms with Crippen LogP contribution in [0.3, 0.4) is 0 Å². The second-order valence-electron chi connectivity index (χ2n) is 5.12. The lowest BCUT2D eigenvalue weighted by atomic mass is 9.90. The lowest BCUT2D eigenvalue weighted by Crippen LogP contribution is -2.32. The van der Waals surface area contributed by atoms with Crippen molar-refractivity contribution < 1.29 is 19.6 Å². The first-order valence-corrected chi connectivity index (χ1v) is 6.48. The standard InChI is InChI=1S/C13H15ClN2O5/c1-13(2,12(18)19)5-6-15-11(17)9-4-3-8(16(20)21)7-10(9)14/h3-4,7H,5-6H2,1-2H3,(H,15,17)(H,18,19). The summed E-state index contributed by atoms with van der Waals surface area (Å²) in [5.41, 5.74) is -1.05. The number of carbonyl (C=O) groups excluding carboxylic acids is 1. The molecule has 0 aromatic heterocycles. The minimum atomic E-state index is -0.954. The number of halogens is 1. The number of nitrogens with one attached hydrogen (secondary N) is 1. The number of hydrogen-bond donors (Lipinski definition) is 2. The van der Waals surface area contributed by atoms with Crippen molar-refractivity contribution in [3.8, 4) is 0 Å². The molecule has 1 aromatic carbocycles. The second-order valence-corrected chi connectivity index (χ2v) is 5.52. The summed E-state index contributed by atoms with van der Waals surface area (Å²) in [7, 11) is 0. The maximum atomic E-state index is 11.9. The van der Waals surface area contributed by atoms with E-state index in [4.69, 9.17) is 16.7 Å². The third kappa shape index (κ3) is 4.42. The predicted octanol–water partition coefficient (Wildman–Crippen LogP) is 2.48. The van der Waals surface area contributed by atoms with Crippen LogP contribution in [0.4, 0.5) is 5.69 Å². The van der Waals surface area contributed by atoms with Gasteiger partial charge in [-0.15, -0.1) is 0 Å². The van der Waals surface area contributed by atoms with Gasteiger partial charge in [-0.05, 0) is 26.3 Å². The number of benzene rings is 1. The smallest absolute Gasteiger partial charge is 0.309 e. The maximum absolute atomic E-state index is 11.9. The molecule has 1 amide bonds. The predicted molar refractivity (Wildman–Crippen MR) is 76.5 cm³/mol. The van der Waals surface area contributed by atoms with Crippen LogP contribution in [0.1, 0.15) is 30.6 Å². The van der Waals surface area contributed by atoms with E-state index in [2.05, 4.69) is 5.32 Å². The normalized spacial score (nSPS) is 11.0. The topological polar surface area (TPSA) is 110 Å². The van der Waals surface area contributed by atoms with E-state index < -0.39 is 22.2 Å². The summed E-state index contributed by atoms with van der Waals surface area (Å²) in [6, 6.07) is 3.54. The van der Waals surface area contributed by atoms with Crippen molar-refractivity contribution in [3.63, 3.8) is 0 Å². The molecule has 0 saturated heterocycles. The van der Waals surface area contributed by atoms with E-state index in [1.54, 1.807) is 13.8 Å². The van der Waals surface area contributed by atoms with E-state index in [9.17, 15) is 19.7 Å². The molecule has 8 heteroatoms. The third-order valence-electron chi connectivity index (χ3n) is 3.02. The number of carboxylic acids is 1. The van der Waals surface area contributed by atoms with Crippen LogP contribution < -0.4 is 5.32 Å². The van der Waals surface area contributed by atoms with Gasteiger partial charge in [0.1, 0.15) is 0 Å². The number of nitrogens with zero attached hydrogens (tertiary/aromatic N) is 1. The van der Waals surface area contributed by atoms with Gasteiger partial charge in [0.2, 0.25) is 0 Å². The largest absolute Gasteiger partial charge is 0.481 e. The SMILES string of the molecule is CC(C)(CCNC(=O)c1ccc([N+](=O)[O-])cc1Cl)C(=O)O. The molecule has 0 saturated carbocycles. The van der Waals surface area contributed by atoms with Gasteiger partial charge in [-0.25, -0.2) is 0 Å². The Morgan fingerprint density at radius 1 is 1.43 bits per heavy atom. The van der Waals surface area contributed by atoms with Gasteiger partial charge >= 0.3 is 5.97 Å². The lowest BCUT2D eigenvalue weighted by Gasteiger charge is -2.18. The first kappa shape index (κ1) is 16.9. The van der Waals surface area contributed by atoms with Gasteiger partial charge in [0, 0.05) is 18.7 Å². The molecule has 0 spiro atoms. The average molecular weight is 315 g/mol. The molecule has 0 aliphatic carbocycles. The number of amides is 1. The van der Waals surface area contributed by atoms with Crippen molar-refractivity contribution in [2.75, 3.05) is 6.54 Å². The Labute approximate surface area is 126 Å². The highest BCUT2D eigenvalue weighted by molar-refractivity contribution is 6.34. The summed E-state index contributed by atoms with van der Waals surface area (Å²) >= 11 is 5.83. The van der Waals surface area contributed by atoms with Gasteiger partial charge in [-0.3, -0.25) is 19.7 Å². The molecule has 7 nitrogen and oxygen atoms in total. The molecule has 2 N–H and O–H groups in total. The van der Waals surface area contributed by atoms with E-state index in [0.29, 0.717) is 0 Å². The summed E-state index contributed by atoms with van der Waals surface area (Å²) in [4.78, 5) is 32.8. The van der Waals surface area contributed by atoms with Crippen LogP contribution in [0.2, 0.25) is 5.02 Å². The zero-order valence-electron chi connectivity index (χ0n) is 11.6. The van der Waals surface area contributed by atoms with Gasteiger partial charge in [0.05, 0.1) is 20.9 Å². The van der Waals surface area contributed by atoms with Gasteiger partial charge in [-0.1, -0.05) is 11.6 Å². The molecule has 1 rings (SSSR count). The number of non-ortho nitro benzene ring substituents is 1. The fourth-order valence-electron chi connectivity index (χ4n) is 1.49. The van der Waals surface area contributed by atoms with E-state index in [-0.39, 0.29) is 29.2 Å². The molecule has 0 bridgehead atoms. The molecular formula is C13H15ClN2O5. The minimum Gasteiger partial charge on any atom is -0.481 e. The van der Waals surface area contributed by atoms with Crippen LogP contribution >= 0.6 is 11.6 Å². The highest BCUT2D eigenvalue weighted by Gasteiger charge is 2.26. The van der Waals surface area contributed by atoms with Crippen LogP contribution in [0.15, 0.2) is 18.2 Å². The van der Waals surface area contributed by atoms with Crippen LogP contribution in [0.5, 0.6) is 0 Å². The quantitative estimate of drug-likeness (QED) is 0.619. The number of rotatable bonds is 6. The average Bonchev–Trinajstić information content (AvgIpc) is 2.37. The molecule has 21 heavy (non-hydrogen) atoms. The summed E-state index contributed by atoms with van der Waals surface area (Å²) < 4.78 is 0. The third-order valence-corrected chi connectivity index (χ3v) is 3.34. The number of aliphatic carboxylic acids is 1. The Bertz CT molecular complexity index is 586. The molecule has 0 radical (unpaired) electrons. The van der Waals surface area contributed by atoms with Crippen molar-refractivity contribution in [1.82, 2.24) is 5.32 Å². The van der Waals surface area contributed by atoms with Crippen molar-refractivity contribution in [2.45, 2.75) is 20.3 Å². The molecule has 114 valence electrons. The van der Waals surface area contributed by atoms with Crippen molar-refractivity contribution in [1.29, 1.82) is 0 Å². The summed E-state index contributed by atoms with van der Waals surface area (Å²) in [5, 5.41) is 22.0. The molecule has 0 aliphatic rings. The van der Waals surface area contributed by atoms with E-state index >= 15 is 0 Å². The van der Waals surface area contributed by atoms with Crippen molar-refractivity contribution in [3.05, 3.63) is 38.9 Å². The van der Waals surface area contributed by atoms with E-state index in [1.807, 2.05) is 0 Å². The molecule has 0 atom stereocenters. The minimum absolute atomic E-state index is 0.0285. The van der Waals surface area contributed by atoms with Crippen molar-refractivity contribution >= 4 is 29.2 Å². The number of carboxylic acid groups (broad SMARTS) is 1. The molecular weight excluding hydrogens is 300 g/mol. The van der Waals surface area contributed by atoms with Crippen LogP contribution in [0.25, 0.3) is 0 Å². The van der Waals surface area contributed by atoms with Crippen LogP contribution in [0, 0.1) is 15.5 Å². The summed E-state index contributed by atoms with van der Waals surface area (Å²) in [5.74, 6) is -1.46. The first-order chi connectivity index (χ1) is 9.65. The van der Waals surface area contributed by atoms with Crippen molar-refractivity contribution in [2.24, 2.45) is 5.41 Å². The molecule has 0 unspecified atom stereocenters. The monoisotopic (exact) mass is 314 g/mol. The van der Waals surface area contributed by atoms with Crippen LogP contribution in [-0.2, 0) is 4.79 Å². The number of carbonyl (C=O) groups is 2. The maximum Gasteiger partial charge on any atom is 0.309 e. The molecule has 0 heterocycles. The number of hydrogen-bond acceptors (Lipinski definition) is 4. The zero-order chi connectivity index (χ0) is 16.2. The number of nitro benzene ring substituents is 1. The summed E-state index contributed by atoms with van der Waals surface area (Å²) in [6.45, 7) is 3.27. The van der Waals surface area contributed by atoms with E-state index in [0.717, 1.165) is 6.07 Å².